The third-order valence-corrected chi connectivity index (χ3v) is 6.82. The second kappa shape index (κ2) is 9.05. The molecule has 4 rings (SSSR count). The van der Waals surface area contributed by atoms with Gasteiger partial charge in [-0.25, -0.2) is 4.39 Å². The van der Waals surface area contributed by atoms with Gasteiger partial charge in [-0.15, -0.1) is 0 Å². The zero-order valence-electron chi connectivity index (χ0n) is 19.3. The van der Waals surface area contributed by atoms with Crippen molar-refractivity contribution in [3.05, 3.63) is 53.7 Å². The van der Waals surface area contributed by atoms with E-state index < -0.39 is 60.1 Å². The highest BCUT2D eigenvalue weighted by Gasteiger charge is 2.65. The van der Waals surface area contributed by atoms with Gasteiger partial charge in [0.1, 0.15) is 6.10 Å². The first-order chi connectivity index (χ1) is 16.8. The van der Waals surface area contributed by atoms with Crippen LogP contribution >= 0.6 is 0 Å². The first kappa shape index (κ1) is 25.9. The Balaban J connectivity index is 1.78. The van der Waals surface area contributed by atoms with Crippen molar-refractivity contribution in [2.24, 2.45) is 5.92 Å². The quantitative estimate of drug-likeness (QED) is 0.311. The number of benzene rings is 2. The van der Waals surface area contributed by atoms with Gasteiger partial charge in [0.25, 0.3) is 5.91 Å². The Morgan fingerprint density at radius 3 is 2.53 bits per heavy atom. The highest BCUT2D eigenvalue weighted by Crippen LogP contribution is 2.55. The molecular weight excluding hydrogens is 490 g/mol. The number of alkyl halides is 3. The molecule has 0 aliphatic carbocycles. The molecular formula is C23H22BF5N2O5. The number of carbonyl (C=O) groups is 1. The van der Waals surface area contributed by atoms with Crippen LogP contribution in [0.1, 0.15) is 25.3 Å². The van der Waals surface area contributed by atoms with Crippen molar-refractivity contribution < 1.29 is 46.3 Å². The third-order valence-electron chi connectivity index (χ3n) is 6.82. The first-order valence-electron chi connectivity index (χ1n) is 10.8. The molecule has 2 aromatic carbocycles. The van der Waals surface area contributed by atoms with Gasteiger partial charge < -0.3 is 29.8 Å². The number of H-pyrrole nitrogens is 1. The number of fused-ring (bicyclic) bond motifs is 1. The first-order valence-corrected chi connectivity index (χ1v) is 10.8. The molecule has 1 saturated heterocycles. The molecule has 0 saturated carbocycles. The second-order valence-corrected chi connectivity index (χ2v) is 8.81. The smallest absolute Gasteiger partial charge is 0.489 e. The van der Waals surface area contributed by atoms with Crippen molar-refractivity contribution in [3.8, 4) is 5.75 Å². The van der Waals surface area contributed by atoms with E-state index in [0.29, 0.717) is 10.9 Å². The molecule has 0 radical (unpaired) electrons. The monoisotopic (exact) mass is 512 g/mol. The van der Waals surface area contributed by atoms with Gasteiger partial charge in [0.2, 0.25) is 5.82 Å². The predicted octanol–water partition coefficient (Wildman–Crippen LogP) is 3.21. The zero-order valence-corrected chi connectivity index (χ0v) is 19.3. The third kappa shape index (κ3) is 4.10. The lowest BCUT2D eigenvalue weighted by molar-refractivity contribution is -0.272. The molecule has 1 aliphatic rings. The number of halogens is 5. The van der Waals surface area contributed by atoms with Gasteiger partial charge in [0.15, 0.2) is 17.2 Å². The van der Waals surface area contributed by atoms with Crippen molar-refractivity contribution in [2.75, 3.05) is 12.4 Å². The lowest BCUT2D eigenvalue weighted by atomic mass is 9.76. The summed E-state index contributed by atoms with van der Waals surface area (Å²) in [5, 5.41) is 22.3. The summed E-state index contributed by atoms with van der Waals surface area (Å²) < 4.78 is 80.8. The number of anilines is 1. The average molecular weight is 512 g/mol. The van der Waals surface area contributed by atoms with Crippen LogP contribution in [0, 0.1) is 17.6 Å². The Hall–Kier alpha value is -3.16. The number of rotatable bonds is 5. The largest absolute Gasteiger partial charge is 0.493 e. The minimum absolute atomic E-state index is 0.0451. The van der Waals surface area contributed by atoms with E-state index in [1.807, 2.05) is 0 Å². The lowest BCUT2D eigenvalue weighted by Crippen LogP contribution is -2.47. The Morgan fingerprint density at radius 2 is 1.92 bits per heavy atom. The summed E-state index contributed by atoms with van der Waals surface area (Å²) in [4.78, 5) is 16.2. The summed E-state index contributed by atoms with van der Waals surface area (Å²) >= 11 is 0. The Kier molecular flexibility index (Phi) is 6.52. The summed E-state index contributed by atoms with van der Waals surface area (Å²) in [5.74, 6) is -7.09. The molecule has 0 spiro atoms. The van der Waals surface area contributed by atoms with E-state index in [0.717, 1.165) is 26.2 Å². The van der Waals surface area contributed by atoms with Crippen LogP contribution in [-0.2, 0) is 9.53 Å². The number of hydrogen-bond donors (Lipinski definition) is 4. The van der Waals surface area contributed by atoms with E-state index in [2.05, 4.69) is 10.3 Å². The maximum Gasteiger partial charge on any atom is 0.489 e. The number of ether oxygens (including phenoxy) is 2. The number of methoxy groups -OCH3 is 1. The van der Waals surface area contributed by atoms with Crippen LogP contribution in [0.25, 0.3) is 10.9 Å². The summed E-state index contributed by atoms with van der Waals surface area (Å²) in [6, 6.07) is 6.10. The van der Waals surface area contributed by atoms with E-state index >= 15 is 0 Å². The van der Waals surface area contributed by atoms with Crippen molar-refractivity contribution in [3.63, 3.8) is 0 Å². The highest BCUT2D eigenvalue weighted by molar-refractivity contribution is 6.62. The highest BCUT2D eigenvalue weighted by atomic mass is 19.4. The van der Waals surface area contributed by atoms with E-state index in [9.17, 15) is 36.8 Å². The molecule has 2 heterocycles. The minimum Gasteiger partial charge on any atom is -0.493 e. The summed E-state index contributed by atoms with van der Waals surface area (Å²) in [6.45, 7) is 1.99. The molecule has 1 aromatic heterocycles. The van der Waals surface area contributed by atoms with Crippen molar-refractivity contribution >= 4 is 35.1 Å². The number of hydrogen-bond acceptors (Lipinski definition) is 5. The Morgan fingerprint density at radius 1 is 1.22 bits per heavy atom. The van der Waals surface area contributed by atoms with Crippen LogP contribution < -0.4 is 15.5 Å². The molecule has 0 unspecified atom stereocenters. The van der Waals surface area contributed by atoms with Crippen molar-refractivity contribution in [2.45, 2.75) is 37.6 Å². The van der Waals surface area contributed by atoms with Gasteiger partial charge in [-0.2, -0.15) is 17.6 Å². The van der Waals surface area contributed by atoms with E-state index in [1.165, 1.54) is 25.3 Å². The number of aromatic nitrogens is 1. The number of carbonyl (C=O) groups excluding carboxylic acids is 1. The van der Waals surface area contributed by atoms with Crippen molar-refractivity contribution in [1.82, 2.24) is 4.98 Å². The van der Waals surface area contributed by atoms with Gasteiger partial charge >= 0.3 is 13.3 Å². The van der Waals surface area contributed by atoms with Gasteiger partial charge in [0.05, 0.1) is 7.11 Å². The maximum absolute atomic E-state index is 14.5. The maximum atomic E-state index is 14.5. The molecule has 7 nitrogen and oxygen atoms in total. The molecule has 36 heavy (non-hydrogen) atoms. The standard InChI is InChI=1S/C23H22BF5N2O5/c1-10-17(13-4-5-15(25)18(26)19(13)35-3)20(36-22(10,2)23(27,28)29)21(32)31-11-8-14(24(33)34)12-6-7-30-16(12)9-11/h4-10,17,20,30,33-34H,1-3H3,(H,31,32)/t10-,17-,20+,22+/m0/s1. The topological polar surface area (TPSA) is 104 Å². The van der Waals surface area contributed by atoms with Gasteiger partial charge in [-0.1, -0.05) is 13.0 Å². The summed E-state index contributed by atoms with van der Waals surface area (Å²) in [6.07, 6.45) is -5.15. The predicted molar refractivity (Wildman–Crippen MR) is 121 cm³/mol. The molecule has 4 atom stereocenters. The average Bonchev–Trinajstić information content (AvgIpc) is 3.38. The summed E-state index contributed by atoms with van der Waals surface area (Å²) in [5.41, 5.74) is -2.45. The zero-order chi connectivity index (χ0) is 26.6. The fraction of sp³-hybridized carbons (Fsp3) is 0.348. The molecule has 0 bridgehead atoms. The van der Waals surface area contributed by atoms with Gasteiger partial charge in [-0.05, 0) is 42.0 Å². The van der Waals surface area contributed by atoms with Crippen LogP contribution in [0.3, 0.4) is 0 Å². The number of aromatic amines is 1. The number of nitrogens with one attached hydrogen (secondary N) is 2. The molecule has 1 fully saturated rings. The molecule has 192 valence electrons. The van der Waals surface area contributed by atoms with Gasteiger partial charge in [0, 0.05) is 34.8 Å². The van der Waals surface area contributed by atoms with Gasteiger partial charge in [-0.3, -0.25) is 4.79 Å². The van der Waals surface area contributed by atoms with Crippen LogP contribution in [0.4, 0.5) is 27.6 Å². The fourth-order valence-electron chi connectivity index (χ4n) is 4.74. The second-order valence-electron chi connectivity index (χ2n) is 8.81. The molecule has 1 amide bonds. The minimum atomic E-state index is -4.90. The van der Waals surface area contributed by atoms with E-state index in [-0.39, 0.29) is 16.7 Å². The molecule has 1 aliphatic heterocycles. The number of amides is 1. The SMILES string of the molecule is COc1c([C@H]2[C@H](C(=O)Nc3cc(B(O)O)c4cc[nH]c4c3)O[C@@](C)(C(F)(F)F)[C@H]2C)ccc(F)c1F. The lowest BCUT2D eigenvalue weighted by Gasteiger charge is -2.32. The van der Waals surface area contributed by atoms with E-state index in [4.69, 9.17) is 9.47 Å². The molecule has 4 N–H and O–H groups in total. The Bertz CT molecular complexity index is 1310. The van der Waals surface area contributed by atoms with Crippen LogP contribution in [-0.4, -0.2) is 53.0 Å². The van der Waals surface area contributed by atoms with Crippen LogP contribution in [0.5, 0.6) is 5.75 Å². The summed E-state index contributed by atoms with van der Waals surface area (Å²) in [7, 11) is -0.858. The molecule has 13 heteroatoms. The normalized spacial score (nSPS) is 24.2. The van der Waals surface area contributed by atoms with Crippen LogP contribution in [0.15, 0.2) is 36.5 Å². The van der Waals surface area contributed by atoms with E-state index in [1.54, 1.807) is 6.07 Å². The van der Waals surface area contributed by atoms with Crippen molar-refractivity contribution in [1.29, 1.82) is 0 Å². The molecule has 3 aromatic rings. The Labute approximate surface area is 202 Å². The fourth-order valence-corrected chi connectivity index (χ4v) is 4.74. The van der Waals surface area contributed by atoms with Crippen LogP contribution in [0.2, 0.25) is 0 Å².